The Morgan fingerprint density at radius 3 is 2.42 bits per heavy atom. The number of nitrogens with two attached hydrogens (primary N) is 1. The third-order valence-corrected chi connectivity index (χ3v) is 3.10. The van der Waals surface area contributed by atoms with Crippen molar-refractivity contribution in [3.8, 4) is 0 Å². The first kappa shape index (κ1) is 9.97. The van der Waals surface area contributed by atoms with E-state index in [-0.39, 0.29) is 5.92 Å². The van der Waals surface area contributed by atoms with Gasteiger partial charge < -0.3 is 5.73 Å². The molecule has 1 aliphatic rings. The summed E-state index contributed by atoms with van der Waals surface area (Å²) >= 11 is 0. The predicted octanol–water partition coefficient (Wildman–Crippen LogP) is 2.50. The molecule has 2 N–H and O–H groups in total. The van der Waals surface area contributed by atoms with Crippen LogP contribution in [0.15, 0.2) is 0 Å². The molecule has 1 fully saturated rings. The zero-order valence-corrected chi connectivity index (χ0v) is 7.93. The van der Waals surface area contributed by atoms with Gasteiger partial charge in [0.25, 0.3) is 0 Å². The normalized spacial score (nSPS) is 24.2. The Labute approximate surface area is 74.5 Å². The highest BCUT2D eigenvalue weighted by atomic mass is 19.1. The zero-order valence-electron chi connectivity index (χ0n) is 7.93. The van der Waals surface area contributed by atoms with Gasteiger partial charge in [0.05, 0.1) is 0 Å². The average Bonchev–Trinajstić information content (AvgIpc) is 2.51. The van der Waals surface area contributed by atoms with Crippen molar-refractivity contribution in [1.29, 1.82) is 0 Å². The number of hydrogen-bond acceptors (Lipinski definition) is 1. The van der Waals surface area contributed by atoms with Crippen LogP contribution < -0.4 is 5.73 Å². The standard InChI is InChI=1S/C10H20FN/c1-8(11)10(6-7-12)9-4-2-3-5-9/h8-10H,2-7,12H2,1H3. The van der Waals surface area contributed by atoms with Gasteiger partial charge in [-0.15, -0.1) is 0 Å². The van der Waals surface area contributed by atoms with Gasteiger partial charge in [-0.3, -0.25) is 0 Å². The lowest BCUT2D eigenvalue weighted by Crippen LogP contribution is -2.24. The van der Waals surface area contributed by atoms with Gasteiger partial charge in [0.1, 0.15) is 6.17 Å². The molecule has 1 rings (SSSR count). The van der Waals surface area contributed by atoms with Gasteiger partial charge in [0, 0.05) is 0 Å². The number of halogens is 1. The highest BCUT2D eigenvalue weighted by molar-refractivity contribution is 4.79. The molecule has 0 spiro atoms. The second-order valence-corrected chi connectivity index (χ2v) is 3.96. The van der Waals surface area contributed by atoms with Crippen LogP contribution in [-0.2, 0) is 0 Å². The molecule has 1 nitrogen and oxygen atoms in total. The van der Waals surface area contributed by atoms with Gasteiger partial charge >= 0.3 is 0 Å². The second kappa shape index (κ2) is 4.80. The van der Waals surface area contributed by atoms with E-state index < -0.39 is 6.17 Å². The lowest BCUT2D eigenvalue weighted by molar-refractivity contribution is 0.172. The van der Waals surface area contributed by atoms with Crippen LogP contribution in [0, 0.1) is 11.8 Å². The molecular weight excluding hydrogens is 153 g/mol. The van der Waals surface area contributed by atoms with Gasteiger partial charge in [0.15, 0.2) is 0 Å². The van der Waals surface area contributed by atoms with Gasteiger partial charge in [-0.2, -0.15) is 0 Å². The molecule has 0 heterocycles. The molecule has 0 radical (unpaired) electrons. The second-order valence-electron chi connectivity index (χ2n) is 3.96. The average molecular weight is 173 g/mol. The van der Waals surface area contributed by atoms with E-state index in [1.165, 1.54) is 25.7 Å². The fourth-order valence-corrected chi connectivity index (χ4v) is 2.42. The van der Waals surface area contributed by atoms with Gasteiger partial charge in [-0.1, -0.05) is 25.7 Å². The molecule has 0 aromatic carbocycles. The quantitative estimate of drug-likeness (QED) is 0.694. The molecule has 0 aliphatic heterocycles. The van der Waals surface area contributed by atoms with E-state index >= 15 is 0 Å². The number of rotatable bonds is 4. The Kier molecular flexibility index (Phi) is 3.99. The van der Waals surface area contributed by atoms with Crippen LogP contribution >= 0.6 is 0 Å². The minimum Gasteiger partial charge on any atom is -0.330 e. The van der Waals surface area contributed by atoms with Crippen LogP contribution in [0.3, 0.4) is 0 Å². The van der Waals surface area contributed by atoms with Crippen molar-refractivity contribution in [2.45, 2.75) is 45.2 Å². The van der Waals surface area contributed by atoms with Crippen LogP contribution in [0.2, 0.25) is 0 Å². The van der Waals surface area contributed by atoms with Crippen LogP contribution in [0.5, 0.6) is 0 Å². The van der Waals surface area contributed by atoms with E-state index in [2.05, 4.69) is 0 Å². The fraction of sp³-hybridized carbons (Fsp3) is 1.00. The largest absolute Gasteiger partial charge is 0.330 e. The Bertz CT molecular complexity index is 119. The van der Waals surface area contributed by atoms with Gasteiger partial charge in [0.2, 0.25) is 0 Å². The summed E-state index contributed by atoms with van der Waals surface area (Å²) in [5.41, 5.74) is 5.47. The van der Waals surface area contributed by atoms with E-state index in [0.717, 1.165) is 6.42 Å². The lowest BCUT2D eigenvalue weighted by atomic mass is 9.85. The summed E-state index contributed by atoms with van der Waals surface area (Å²) in [5, 5.41) is 0. The molecule has 0 aromatic rings. The molecule has 1 aliphatic carbocycles. The van der Waals surface area contributed by atoms with Crippen molar-refractivity contribution in [1.82, 2.24) is 0 Å². The first-order valence-corrected chi connectivity index (χ1v) is 5.10. The summed E-state index contributed by atoms with van der Waals surface area (Å²) in [6.07, 6.45) is 5.22. The molecule has 72 valence electrons. The summed E-state index contributed by atoms with van der Waals surface area (Å²) < 4.78 is 13.1. The van der Waals surface area contributed by atoms with Crippen molar-refractivity contribution in [3.05, 3.63) is 0 Å². The molecule has 2 atom stereocenters. The van der Waals surface area contributed by atoms with E-state index in [4.69, 9.17) is 5.73 Å². The van der Waals surface area contributed by atoms with Crippen molar-refractivity contribution >= 4 is 0 Å². The summed E-state index contributed by atoms with van der Waals surface area (Å²) in [7, 11) is 0. The monoisotopic (exact) mass is 173 g/mol. The fourth-order valence-electron chi connectivity index (χ4n) is 2.42. The predicted molar refractivity (Wildman–Crippen MR) is 49.7 cm³/mol. The first-order valence-electron chi connectivity index (χ1n) is 5.10. The van der Waals surface area contributed by atoms with Crippen LogP contribution in [0.4, 0.5) is 4.39 Å². The topological polar surface area (TPSA) is 26.0 Å². The molecule has 0 bridgehead atoms. The van der Waals surface area contributed by atoms with Crippen molar-refractivity contribution in [2.24, 2.45) is 17.6 Å². The summed E-state index contributed by atoms with van der Waals surface area (Å²) in [6.45, 7) is 2.31. The summed E-state index contributed by atoms with van der Waals surface area (Å²) in [6, 6.07) is 0. The molecule has 2 unspecified atom stereocenters. The molecule has 0 saturated heterocycles. The van der Waals surface area contributed by atoms with Crippen molar-refractivity contribution in [3.63, 3.8) is 0 Å². The van der Waals surface area contributed by atoms with Crippen LogP contribution in [0.1, 0.15) is 39.0 Å². The zero-order chi connectivity index (χ0) is 8.97. The first-order chi connectivity index (χ1) is 5.75. The summed E-state index contributed by atoms with van der Waals surface area (Å²) in [4.78, 5) is 0. The smallest absolute Gasteiger partial charge is 0.100 e. The minimum atomic E-state index is -0.670. The molecule has 0 aromatic heterocycles. The molecule has 1 saturated carbocycles. The highest BCUT2D eigenvalue weighted by Gasteiger charge is 2.28. The number of alkyl halides is 1. The highest BCUT2D eigenvalue weighted by Crippen LogP contribution is 2.35. The number of hydrogen-bond donors (Lipinski definition) is 1. The molecular formula is C10H20FN. The van der Waals surface area contributed by atoms with Crippen molar-refractivity contribution in [2.75, 3.05) is 6.54 Å². The van der Waals surface area contributed by atoms with Crippen molar-refractivity contribution < 1.29 is 4.39 Å². The van der Waals surface area contributed by atoms with Gasteiger partial charge in [-0.05, 0) is 31.7 Å². The lowest BCUT2D eigenvalue weighted by Gasteiger charge is -2.23. The molecule has 12 heavy (non-hydrogen) atoms. The van der Waals surface area contributed by atoms with E-state index in [9.17, 15) is 4.39 Å². The Hall–Kier alpha value is -0.110. The minimum absolute atomic E-state index is 0.234. The van der Waals surface area contributed by atoms with Gasteiger partial charge in [-0.25, -0.2) is 4.39 Å². The van der Waals surface area contributed by atoms with E-state index in [1.54, 1.807) is 6.92 Å². The Balaban J connectivity index is 2.40. The van der Waals surface area contributed by atoms with E-state index in [0.29, 0.717) is 12.5 Å². The van der Waals surface area contributed by atoms with Crippen LogP contribution in [0.25, 0.3) is 0 Å². The third-order valence-electron chi connectivity index (χ3n) is 3.10. The SMILES string of the molecule is CC(F)C(CCN)C1CCCC1. The Morgan fingerprint density at radius 1 is 1.42 bits per heavy atom. The maximum atomic E-state index is 13.1. The maximum absolute atomic E-state index is 13.1. The van der Waals surface area contributed by atoms with Crippen LogP contribution in [-0.4, -0.2) is 12.7 Å². The molecule has 2 heteroatoms. The maximum Gasteiger partial charge on any atom is 0.100 e. The third kappa shape index (κ3) is 2.44. The summed E-state index contributed by atoms with van der Waals surface area (Å²) in [5.74, 6) is 0.853. The molecule has 0 amide bonds. The Morgan fingerprint density at radius 2 is 2.00 bits per heavy atom. The van der Waals surface area contributed by atoms with E-state index in [1.807, 2.05) is 0 Å².